The first-order valence-electron chi connectivity index (χ1n) is 11.1. The maximum atomic E-state index is 12.4. The molecule has 34 heavy (non-hydrogen) atoms. The number of benzene rings is 3. The van der Waals surface area contributed by atoms with E-state index in [1.54, 1.807) is 31.2 Å². The van der Waals surface area contributed by atoms with Gasteiger partial charge in [-0.25, -0.2) is 4.79 Å². The number of ether oxygens (including phenoxy) is 1. The number of anilines is 1. The summed E-state index contributed by atoms with van der Waals surface area (Å²) in [6.07, 6.45) is -0.760. The van der Waals surface area contributed by atoms with Crippen molar-refractivity contribution in [2.24, 2.45) is 0 Å². The van der Waals surface area contributed by atoms with E-state index < -0.39 is 18.1 Å². The molecule has 0 saturated heterocycles. The highest BCUT2D eigenvalue weighted by Crippen LogP contribution is 2.44. The Balaban J connectivity index is 1.30. The molecular weight excluding hydrogens is 432 g/mol. The van der Waals surface area contributed by atoms with Crippen LogP contribution in [0.3, 0.4) is 0 Å². The lowest BCUT2D eigenvalue weighted by Crippen LogP contribution is -2.36. The van der Waals surface area contributed by atoms with Crippen LogP contribution < -0.4 is 10.6 Å². The number of hydrogen-bond donors (Lipinski definition) is 3. The third-order valence-electron chi connectivity index (χ3n) is 5.83. The summed E-state index contributed by atoms with van der Waals surface area (Å²) in [5, 5.41) is 14.5. The van der Waals surface area contributed by atoms with Gasteiger partial charge in [0.1, 0.15) is 6.61 Å². The Hall–Kier alpha value is -4.13. The van der Waals surface area contributed by atoms with E-state index >= 15 is 0 Å². The topological polar surface area (TPSA) is 105 Å². The van der Waals surface area contributed by atoms with Gasteiger partial charge in [0.25, 0.3) is 0 Å². The second-order valence-electron chi connectivity index (χ2n) is 8.35. The zero-order valence-corrected chi connectivity index (χ0v) is 18.8. The van der Waals surface area contributed by atoms with Gasteiger partial charge in [-0.05, 0) is 40.8 Å². The average Bonchev–Trinajstić information content (AvgIpc) is 3.12. The summed E-state index contributed by atoms with van der Waals surface area (Å²) in [5.74, 6) is -1.35. The number of carboxylic acid groups (broad SMARTS) is 1. The number of para-hydroxylation sites is 1. The molecule has 2 amide bonds. The number of rotatable bonds is 8. The molecule has 3 N–H and O–H groups in total. The highest BCUT2D eigenvalue weighted by Gasteiger charge is 2.29. The Morgan fingerprint density at radius 1 is 0.912 bits per heavy atom. The van der Waals surface area contributed by atoms with Crippen LogP contribution in [0.1, 0.15) is 36.0 Å². The molecule has 3 aromatic carbocycles. The highest BCUT2D eigenvalue weighted by molar-refractivity contribution is 5.92. The first kappa shape index (κ1) is 23.0. The molecule has 0 spiro atoms. The van der Waals surface area contributed by atoms with Crippen LogP contribution in [-0.2, 0) is 20.7 Å². The van der Waals surface area contributed by atoms with E-state index in [2.05, 4.69) is 34.9 Å². The monoisotopic (exact) mass is 458 g/mol. The number of amides is 2. The van der Waals surface area contributed by atoms with Crippen LogP contribution >= 0.6 is 0 Å². The van der Waals surface area contributed by atoms with Crippen LogP contribution in [-0.4, -0.2) is 35.7 Å². The van der Waals surface area contributed by atoms with E-state index in [9.17, 15) is 14.4 Å². The summed E-state index contributed by atoms with van der Waals surface area (Å²) in [7, 11) is 0. The van der Waals surface area contributed by atoms with Crippen molar-refractivity contribution in [2.45, 2.75) is 31.7 Å². The molecule has 0 fully saturated rings. The number of aliphatic carboxylic acids is 1. The van der Waals surface area contributed by atoms with Crippen LogP contribution in [0.4, 0.5) is 10.5 Å². The Labute approximate surface area is 197 Å². The number of carbonyl (C=O) groups is 3. The van der Waals surface area contributed by atoms with Gasteiger partial charge in [0.15, 0.2) is 0 Å². The SMILES string of the molecule is C[C@@H](CC(=O)Nc1ccccc1CC(=O)O)NC(=O)OCC1c2ccccc2-c2ccccc21. The van der Waals surface area contributed by atoms with E-state index in [0.717, 1.165) is 22.3 Å². The van der Waals surface area contributed by atoms with Crippen molar-refractivity contribution in [2.75, 3.05) is 11.9 Å². The number of nitrogens with one attached hydrogen (secondary N) is 2. The Morgan fingerprint density at radius 2 is 1.50 bits per heavy atom. The molecule has 0 heterocycles. The summed E-state index contributed by atoms with van der Waals surface area (Å²) in [6, 6.07) is 22.5. The van der Waals surface area contributed by atoms with Crippen LogP contribution in [0.25, 0.3) is 11.1 Å². The fourth-order valence-electron chi connectivity index (χ4n) is 4.33. The van der Waals surface area contributed by atoms with Crippen molar-refractivity contribution in [1.82, 2.24) is 5.32 Å². The van der Waals surface area contributed by atoms with Gasteiger partial charge in [-0.2, -0.15) is 0 Å². The maximum Gasteiger partial charge on any atom is 0.407 e. The molecule has 174 valence electrons. The third kappa shape index (κ3) is 5.26. The molecule has 3 aromatic rings. The molecular formula is C27H26N2O5. The van der Waals surface area contributed by atoms with Gasteiger partial charge in [0.2, 0.25) is 5.91 Å². The van der Waals surface area contributed by atoms with Gasteiger partial charge in [0.05, 0.1) is 6.42 Å². The van der Waals surface area contributed by atoms with Crippen LogP contribution in [0, 0.1) is 0 Å². The zero-order valence-electron chi connectivity index (χ0n) is 18.8. The Kier molecular flexibility index (Phi) is 6.92. The van der Waals surface area contributed by atoms with Crippen molar-refractivity contribution in [1.29, 1.82) is 0 Å². The second kappa shape index (κ2) is 10.2. The van der Waals surface area contributed by atoms with E-state index in [1.165, 1.54) is 0 Å². The van der Waals surface area contributed by atoms with Crippen molar-refractivity contribution in [3.63, 3.8) is 0 Å². The maximum absolute atomic E-state index is 12.4. The largest absolute Gasteiger partial charge is 0.481 e. The zero-order chi connectivity index (χ0) is 24.1. The van der Waals surface area contributed by atoms with Crippen molar-refractivity contribution in [3.8, 4) is 11.1 Å². The number of carboxylic acids is 1. The second-order valence-corrected chi connectivity index (χ2v) is 8.35. The van der Waals surface area contributed by atoms with Gasteiger partial charge in [-0.15, -0.1) is 0 Å². The molecule has 1 aliphatic rings. The molecule has 0 bridgehead atoms. The predicted molar refractivity (Wildman–Crippen MR) is 129 cm³/mol. The molecule has 0 radical (unpaired) electrons. The van der Waals surface area contributed by atoms with Gasteiger partial charge in [-0.1, -0.05) is 66.7 Å². The lowest BCUT2D eigenvalue weighted by molar-refractivity contribution is -0.136. The first-order valence-corrected chi connectivity index (χ1v) is 11.1. The summed E-state index contributed by atoms with van der Waals surface area (Å²) in [5.41, 5.74) is 5.53. The van der Waals surface area contributed by atoms with Gasteiger partial charge in [0, 0.05) is 24.1 Å². The summed E-state index contributed by atoms with van der Waals surface area (Å²) >= 11 is 0. The van der Waals surface area contributed by atoms with E-state index in [1.807, 2.05) is 24.3 Å². The Bertz CT molecular complexity index is 1180. The lowest BCUT2D eigenvalue weighted by atomic mass is 9.98. The quantitative estimate of drug-likeness (QED) is 0.459. The molecule has 4 rings (SSSR count). The Morgan fingerprint density at radius 3 is 2.15 bits per heavy atom. The standard InChI is InChI=1S/C27H26N2O5/c1-17(14-25(30)29-24-13-7-2-8-18(24)15-26(31)32)28-27(33)34-16-23-21-11-5-3-9-19(21)20-10-4-6-12-22(20)23/h2-13,17,23H,14-16H2,1H3,(H,28,33)(H,29,30)(H,31,32)/t17-/m0/s1. The molecule has 1 atom stereocenters. The van der Waals surface area contributed by atoms with E-state index in [4.69, 9.17) is 9.84 Å². The molecule has 0 saturated carbocycles. The number of alkyl carbamates (subject to hydrolysis) is 1. The number of fused-ring (bicyclic) bond motifs is 3. The first-order chi connectivity index (χ1) is 16.4. The normalized spacial score (nSPS) is 12.9. The molecule has 0 aromatic heterocycles. The van der Waals surface area contributed by atoms with Gasteiger partial charge < -0.3 is 20.5 Å². The van der Waals surface area contributed by atoms with E-state index in [0.29, 0.717) is 11.3 Å². The molecule has 7 nitrogen and oxygen atoms in total. The molecule has 1 aliphatic carbocycles. The fraction of sp³-hybridized carbons (Fsp3) is 0.222. The fourth-order valence-corrected chi connectivity index (χ4v) is 4.33. The average molecular weight is 459 g/mol. The van der Waals surface area contributed by atoms with Crippen LogP contribution in [0.15, 0.2) is 72.8 Å². The summed E-state index contributed by atoms with van der Waals surface area (Å²) in [4.78, 5) is 35.9. The lowest BCUT2D eigenvalue weighted by Gasteiger charge is -2.17. The number of carbonyl (C=O) groups excluding carboxylic acids is 2. The van der Waals surface area contributed by atoms with E-state index in [-0.39, 0.29) is 31.3 Å². The minimum atomic E-state index is -0.980. The van der Waals surface area contributed by atoms with Gasteiger partial charge >= 0.3 is 12.1 Å². The summed E-state index contributed by atoms with van der Waals surface area (Å²) < 4.78 is 5.53. The van der Waals surface area contributed by atoms with Crippen molar-refractivity contribution in [3.05, 3.63) is 89.5 Å². The molecule has 7 heteroatoms. The third-order valence-corrected chi connectivity index (χ3v) is 5.83. The molecule has 0 aliphatic heterocycles. The predicted octanol–water partition coefficient (Wildman–Crippen LogP) is 4.57. The smallest absolute Gasteiger partial charge is 0.407 e. The minimum absolute atomic E-state index is 0.0194. The summed E-state index contributed by atoms with van der Waals surface area (Å²) in [6.45, 7) is 1.91. The van der Waals surface area contributed by atoms with Crippen molar-refractivity contribution < 1.29 is 24.2 Å². The number of hydrogen-bond acceptors (Lipinski definition) is 4. The van der Waals surface area contributed by atoms with Crippen LogP contribution in [0.2, 0.25) is 0 Å². The van der Waals surface area contributed by atoms with Gasteiger partial charge in [-0.3, -0.25) is 9.59 Å². The highest BCUT2D eigenvalue weighted by atomic mass is 16.5. The minimum Gasteiger partial charge on any atom is -0.481 e. The van der Waals surface area contributed by atoms with Crippen LogP contribution in [0.5, 0.6) is 0 Å². The molecule has 0 unspecified atom stereocenters. The van der Waals surface area contributed by atoms with Crippen molar-refractivity contribution >= 4 is 23.7 Å².